The fourth-order valence-corrected chi connectivity index (χ4v) is 2.60. The molecule has 0 unspecified atom stereocenters. The first-order valence-corrected chi connectivity index (χ1v) is 6.72. The average Bonchev–Trinajstić information content (AvgIpc) is 2.76. The van der Waals surface area contributed by atoms with Crippen molar-refractivity contribution >= 4 is 17.2 Å². The highest BCUT2D eigenvalue weighted by atomic mass is 32.1. The summed E-state index contributed by atoms with van der Waals surface area (Å²) in [5.41, 5.74) is 9.52. The van der Waals surface area contributed by atoms with Crippen molar-refractivity contribution in [3.63, 3.8) is 0 Å². The van der Waals surface area contributed by atoms with Gasteiger partial charge < -0.3 is 11.1 Å². The van der Waals surface area contributed by atoms with Crippen LogP contribution in [-0.2, 0) is 13.1 Å². The fourth-order valence-electron chi connectivity index (χ4n) is 1.74. The fraction of sp³-hybridized carbons (Fsp3) is 0.214. The molecule has 1 amide bonds. The van der Waals surface area contributed by atoms with E-state index in [1.165, 1.54) is 11.1 Å². The highest BCUT2D eigenvalue weighted by Gasteiger charge is 2.02. The zero-order chi connectivity index (χ0) is 13.0. The summed E-state index contributed by atoms with van der Waals surface area (Å²) in [6.45, 7) is 3.69. The molecule has 0 aliphatic rings. The topological polar surface area (TPSA) is 55.1 Å². The second kappa shape index (κ2) is 5.80. The number of carbonyl (C=O) groups is 1. The Kier molecular flexibility index (Phi) is 4.12. The summed E-state index contributed by atoms with van der Waals surface area (Å²) < 4.78 is 0. The lowest BCUT2D eigenvalue weighted by molar-refractivity contribution is 0.1000. The van der Waals surface area contributed by atoms with Crippen molar-refractivity contribution in [2.75, 3.05) is 0 Å². The molecule has 2 rings (SSSR count). The van der Waals surface area contributed by atoms with Crippen LogP contribution in [0.5, 0.6) is 0 Å². The molecule has 18 heavy (non-hydrogen) atoms. The second-order valence-corrected chi connectivity index (χ2v) is 4.99. The summed E-state index contributed by atoms with van der Waals surface area (Å²) in [6.07, 6.45) is 0. The van der Waals surface area contributed by atoms with E-state index in [9.17, 15) is 4.79 Å². The summed E-state index contributed by atoms with van der Waals surface area (Å²) in [6, 6.07) is 7.40. The van der Waals surface area contributed by atoms with E-state index in [-0.39, 0.29) is 5.91 Å². The Morgan fingerprint density at radius 2 is 2.17 bits per heavy atom. The number of primary amides is 1. The third-order valence-corrected chi connectivity index (χ3v) is 3.73. The lowest BCUT2D eigenvalue weighted by atomic mass is 10.1. The molecule has 4 heteroatoms. The van der Waals surface area contributed by atoms with E-state index >= 15 is 0 Å². The molecule has 0 fully saturated rings. The van der Waals surface area contributed by atoms with E-state index in [4.69, 9.17) is 5.73 Å². The van der Waals surface area contributed by atoms with Gasteiger partial charge in [0.2, 0.25) is 5.91 Å². The predicted molar refractivity (Wildman–Crippen MR) is 74.6 cm³/mol. The Morgan fingerprint density at radius 3 is 2.83 bits per heavy atom. The summed E-state index contributed by atoms with van der Waals surface area (Å²) in [5, 5.41) is 7.66. The van der Waals surface area contributed by atoms with Crippen molar-refractivity contribution in [1.29, 1.82) is 0 Å². The van der Waals surface area contributed by atoms with Crippen molar-refractivity contribution in [3.8, 4) is 0 Å². The normalized spacial score (nSPS) is 10.5. The van der Waals surface area contributed by atoms with Gasteiger partial charge in [-0.25, -0.2) is 0 Å². The number of rotatable bonds is 5. The van der Waals surface area contributed by atoms with Crippen LogP contribution in [0.15, 0.2) is 35.0 Å². The van der Waals surface area contributed by atoms with Crippen LogP contribution in [0.4, 0.5) is 0 Å². The van der Waals surface area contributed by atoms with Crippen LogP contribution in [0.2, 0.25) is 0 Å². The lowest BCUT2D eigenvalue weighted by Gasteiger charge is -2.06. The Balaban J connectivity index is 1.92. The van der Waals surface area contributed by atoms with Gasteiger partial charge >= 0.3 is 0 Å². The highest BCUT2D eigenvalue weighted by Crippen LogP contribution is 2.13. The van der Waals surface area contributed by atoms with Gasteiger partial charge in [-0.05, 0) is 46.5 Å². The number of aryl methyl sites for hydroxylation is 1. The maximum absolute atomic E-state index is 11.1. The number of nitrogens with one attached hydrogen (secondary N) is 1. The molecular weight excluding hydrogens is 244 g/mol. The van der Waals surface area contributed by atoms with E-state index < -0.39 is 0 Å². The van der Waals surface area contributed by atoms with Gasteiger partial charge in [-0.3, -0.25) is 4.79 Å². The molecule has 0 spiro atoms. The maximum atomic E-state index is 11.1. The Hall–Kier alpha value is -1.65. The summed E-state index contributed by atoms with van der Waals surface area (Å²) in [4.78, 5) is 11.1. The molecule has 1 heterocycles. The van der Waals surface area contributed by atoms with Crippen molar-refractivity contribution in [2.45, 2.75) is 20.0 Å². The van der Waals surface area contributed by atoms with Crippen LogP contribution in [0.1, 0.15) is 27.0 Å². The molecule has 3 nitrogen and oxygen atoms in total. The predicted octanol–water partition coefficient (Wildman–Crippen LogP) is 2.45. The standard InChI is InChI=1S/C14H16N2OS/c1-10-8-18-9-13(10)7-16-6-11-3-2-4-12(5-11)14(15)17/h2-5,8-9,16H,6-7H2,1H3,(H2,15,17). The number of amides is 1. The summed E-state index contributed by atoms with van der Waals surface area (Å²) >= 11 is 1.72. The third-order valence-electron chi connectivity index (χ3n) is 2.82. The van der Waals surface area contributed by atoms with Crippen LogP contribution in [0, 0.1) is 6.92 Å². The zero-order valence-corrected chi connectivity index (χ0v) is 11.1. The van der Waals surface area contributed by atoms with Crippen molar-refractivity contribution < 1.29 is 4.79 Å². The average molecular weight is 260 g/mol. The first-order valence-electron chi connectivity index (χ1n) is 5.78. The van der Waals surface area contributed by atoms with Crippen LogP contribution in [-0.4, -0.2) is 5.91 Å². The molecular formula is C14H16N2OS. The number of thiophene rings is 1. The van der Waals surface area contributed by atoms with E-state index in [0.29, 0.717) is 5.56 Å². The minimum absolute atomic E-state index is 0.384. The van der Waals surface area contributed by atoms with Gasteiger partial charge in [0.15, 0.2) is 0 Å². The summed E-state index contributed by atoms with van der Waals surface area (Å²) in [7, 11) is 0. The minimum atomic E-state index is -0.384. The van der Waals surface area contributed by atoms with Crippen LogP contribution >= 0.6 is 11.3 Å². The molecule has 0 saturated carbocycles. The Labute approximate surface area is 111 Å². The third kappa shape index (κ3) is 3.18. The van der Waals surface area contributed by atoms with Crippen LogP contribution in [0.25, 0.3) is 0 Å². The van der Waals surface area contributed by atoms with Gasteiger partial charge in [-0.1, -0.05) is 12.1 Å². The Bertz CT molecular complexity index is 548. The Morgan fingerprint density at radius 1 is 1.33 bits per heavy atom. The largest absolute Gasteiger partial charge is 0.366 e. The SMILES string of the molecule is Cc1cscc1CNCc1cccc(C(N)=O)c1. The molecule has 0 bridgehead atoms. The first-order chi connectivity index (χ1) is 8.66. The minimum Gasteiger partial charge on any atom is -0.366 e. The van der Waals surface area contributed by atoms with Crippen LogP contribution < -0.4 is 11.1 Å². The van der Waals surface area contributed by atoms with Crippen LogP contribution in [0.3, 0.4) is 0 Å². The first kappa shape index (κ1) is 12.8. The van der Waals surface area contributed by atoms with Gasteiger partial charge in [0, 0.05) is 18.7 Å². The van der Waals surface area contributed by atoms with Gasteiger partial charge in [0.1, 0.15) is 0 Å². The van der Waals surface area contributed by atoms with Gasteiger partial charge in [0.05, 0.1) is 0 Å². The molecule has 94 valence electrons. The molecule has 3 N–H and O–H groups in total. The van der Waals surface area contributed by atoms with Gasteiger partial charge in [-0.15, -0.1) is 0 Å². The lowest BCUT2D eigenvalue weighted by Crippen LogP contribution is -2.15. The van der Waals surface area contributed by atoms with E-state index in [0.717, 1.165) is 18.7 Å². The zero-order valence-electron chi connectivity index (χ0n) is 10.3. The molecule has 0 atom stereocenters. The van der Waals surface area contributed by atoms with Gasteiger partial charge in [0.25, 0.3) is 0 Å². The maximum Gasteiger partial charge on any atom is 0.248 e. The highest BCUT2D eigenvalue weighted by molar-refractivity contribution is 7.08. The number of carbonyl (C=O) groups excluding carboxylic acids is 1. The van der Waals surface area contributed by atoms with Crippen molar-refractivity contribution in [2.24, 2.45) is 5.73 Å². The second-order valence-electron chi connectivity index (χ2n) is 4.25. The number of benzene rings is 1. The van der Waals surface area contributed by atoms with Gasteiger partial charge in [-0.2, -0.15) is 11.3 Å². The smallest absolute Gasteiger partial charge is 0.248 e. The molecule has 1 aromatic carbocycles. The number of hydrogen-bond donors (Lipinski definition) is 2. The molecule has 0 saturated heterocycles. The monoisotopic (exact) mass is 260 g/mol. The number of hydrogen-bond acceptors (Lipinski definition) is 3. The molecule has 0 aliphatic heterocycles. The number of nitrogens with two attached hydrogens (primary N) is 1. The molecule has 0 radical (unpaired) electrons. The van der Waals surface area contributed by atoms with E-state index in [1.54, 1.807) is 17.4 Å². The van der Waals surface area contributed by atoms with Crippen molar-refractivity contribution in [3.05, 3.63) is 57.3 Å². The summed E-state index contributed by atoms with van der Waals surface area (Å²) in [5.74, 6) is -0.384. The quantitative estimate of drug-likeness (QED) is 0.867. The molecule has 2 aromatic rings. The van der Waals surface area contributed by atoms with Crippen molar-refractivity contribution in [1.82, 2.24) is 5.32 Å². The molecule has 0 aliphatic carbocycles. The van der Waals surface area contributed by atoms with E-state index in [1.807, 2.05) is 18.2 Å². The molecule has 1 aromatic heterocycles. The van der Waals surface area contributed by atoms with E-state index in [2.05, 4.69) is 23.0 Å².